The number of pyridine rings is 1. The van der Waals surface area contributed by atoms with Gasteiger partial charge in [-0.3, -0.25) is 4.90 Å². The first-order chi connectivity index (χ1) is 13.6. The molecule has 0 aromatic carbocycles. The number of ether oxygens (including phenoxy) is 1. The lowest BCUT2D eigenvalue weighted by Gasteiger charge is -2.31. The van der Waals surface area contributed by atoms with Gasteiger partial charge in [0.15, 0.2) is 0 Å². The zero-order chi connectivity index (χ0) is 21.2. The predicted octanol–water partition coefficient (Wildman–Crippen LogP) is 4.59. The van der Waals surface area contributed by atoms with Crippen LogP contribution in [0.2, 0.25) is 25.7 Å². The summed E-state index contributed by atoms with van der Waals surface area (Å²) in [5, 5.41) is 9.56. The van der Waals surface area contributed by atoms with Crippen LogP contribution >= 0.6 is 0 Å². The maximum absolute atomic E-state index is 11.7. The van der Waals surface area contributed by atoms with E-state index >= 15 is 0 Å². The summed E-state index contributed by atoms with van der Waals surface area (Å²) in [7, 11) is -1.13. The van der Waals surface area contributed by atoms with Crippen LogP contribution in [0, 0.1) is 12.8 Å². The van der Waals surface area contributed by atoms with Gasteiger partial charge in [-0.15, -0.1) is 0 Å². The number of hydrogen-bond acceptors (Lipinski definition) is 4. The third-order valence-corrected chi connectivity index (χ3v) is 7.37. The highest BCUT2D eigenvalue weighted by Crippen LogP contribution is 2.27. The number of rotatable bonds is 8. The van der Waals surface area contributed by atoms with Crippen LogP contribution < -0.4 is 0 Å². The van der Waals surface area contributed by atoms with Crippen molar-refractivity contribution in [3.05, 3.63) is 29.1 Å². The van der Waals surface area contributed by atoms with Gasteiger partial charge in [0.2, 0.25) is 0 Å². The molecule has 0 bridgehead atoms. The Kier molecular flexibility index (Phi) is 6.81. The number of aryl methyl sites for hydroxylation is 1. The van der Waals surface area contributed by atoms with E-state index in [1.807, 2.05) is 13.1 Å². The molecule has 0 unspecified atom stereocenters. The third kappa shape index (κ3) is 5.68. The lowest BCUT2D eigenvalue weighted by molar-refractivity contribution is 0.0690. The number of likely N-dealkylation sites (tertiary alicyclic amines) is 1. The third-order valence-electron chi connectivity index (χ3n) is 5.66. The van der Waals surface area contributed by atoms with Crippen molar-refractivity contribution < 1.29 is 14.6 Å². The monoisotopic (exact) mass is 417 g/mol. The zero-order valence-corrected chi connectivity index (χ0v) is 19.5. The minimum atomic E-state index is -1.13. The Bertz CT molecular complexity index is 872. The fraction of sp³-hybridized carbons (Fsp3) is 0.636. The highest BCUT2D eigenvalue weighted by atomic mass is 28.3. The van der Waals surface area contributed by atoms with Gasteiger partial charge in [-0.05, 0) is 55.5 Å². The smallest absolute Gasteiger partial charge is 0.354 e. The van der Waals surface area contributed by atoms with Crippen LogP contribution in [0.1, 0.15) is 41.4 Å². The maximum Gasteiger partial charge on any atom is 0.354 e. The van der Waals surface area contributed by atoms with Crippen LogP contribution in [0.25, 0.3) is 11.0 Å². The lowest BCUT2D eigenvalue weighted by Crippen LogP contribution is -2.34. The molecule has 7 heteroatoms. The van der Waals surface area contributed by atoms with Crippen molar-refractivity contribution in [2.45, 2.75) is 65.6 Å². The fourth-order valence-corrected chi connectivity index (χ4v) is 4.85. The zero-order valence-electron chi connectivity index (χ0n) is 18.5. The molecule has 1 aliphatic rings. The van der Waals surface area contributed by atoms with E-state index in [-0.39, 0.29) is 5.69 Å². The number of carbonyl (C=O) groups is 1. The molecule has 0 amide bonds. The van der Waals surface area contributed by atoms with E-state index in [9.17, 15) is 9.90 Å². The number of aromatic nitrogens is 2. The van der Waals surface area contributed by atoms with Crippen molar-refractivity contribution in [3.63, 3.8) is 0 Å². The molecule has 29 heavy (non-hydrogen) atoms. The molecule has 0 radical (unpaired) electrons. The molecule has 0 saturated carbocycles. The molecule has 1 atom stereocenters. The first kappa shape index (κ1) is 22.0. The van der Waals surface area contributed by atoms with Gasteiger partial charge in [0, 0.05) is 34.0 Å². The van der Waals surface area contributed by atoms with E-state index in [0.29, 0.717) is 12.6 Å². The van der Waals surface area contributed by atoms with Gasteiger partial charge in [0.25, 0.3) is 0 Å². The molecular weight excluding hydrogens is 382 g/mol. The number of hydrogen-bond donors (Lipinski definition) is 1. The molecule has 1 fully saturated rings. The summed E-state index contributed by atoms with van der Waals surface area (Å²) < 4.78 is 8.10. The van der Waals surface area contributed by atoms with Crippen molar-refractivity contribution in [1.29, 1.82) is 0 Å². The number of aromatic carboxylic acids is 1. The molecule has 2 aromatic rings. The topological polar surface area (TPSA) is 67.6 Å². The molecule has 2 aromatic heterocycles. The number of fused-ring (bicyclic) bond motifs is 1. The standard InChI is InChI=1S/C22H35N3O3Si/c1-16-7-6-8-24(12-16)14-18-11-19(22(26)27)23-20-17(2)13-25(21(18)20)15-28-9-10-29(3,4)5/h11,13,16H,6-10,12,14-15H2,1-5H3,(H,26,27)/t16-/m0/s1. The van der Waals surface area contributed by atoms with Crippen molar-refractivity contribution in [3.8, 4) is 0 Å². The van der Waals surface area contributed by atoms with Gasteiger partial charge < -0.3 is 14.4 Å². The lowest BCUT2D eigenvalue weighted by atomic mass is 9.99. The second-order valence-corrected chi connectivity index (χ2v) is 15.4. The normalized spacial score (nSPS) is 18.4. The molecule has 0 aliphatic carbocycles. The summed E-state index contributed by atoms with van der Waals surface area (Å²) >= 11 is 0. The summed E-state index contributed by atoms with van der Waals surface area (Å²) in [5.74, 6) is -0.294. The minimum Gasteiger partial charge on any atom is -0.477 e. The SMILES string of the molecule is Cc1cn(COCC[Si](C)(C)C)c2c(CN3CCC[C@H](C)C3)cc(C(=O)O)nc12. The molecule has 1 saturated heterocycles. The van der Waals surface area contributed by atoms with Crippen LogP contribution in [0.3, 0.4) is 0 Å². The molecular formula is C22H35N3O3Si. The highest BCUT2D eigenvalue weighted by Gasteiger charge is 2.21. The first-order valence-electron chi connectivity index (χ1n) is 10.7. The average Bonchev–Trinajstić information content (AvgIpc) is 2.94. The van der Waals surface area contributed by atoms with E-state index < -0.39 is 14.0 Å². The van der Waals surface area contributed by atoms with Crippen molar-refractivity contribution in [2.75, 3.05) is 19.7 Å². The van der Waals surface area contributed by atoms with Gasteiger partial charge in [0.1, 0.15) is 12.4 Å². The van der Waals surface area contributed by atoms with E-state index in [1.54, 1.807) is 6.07 Å². The van der Waals surface area contributed by atoms with Gasteiger partial charge in [0.05, 0.1) is 11.0 Å². The van der Waals surface area contributed by atoms with Gasteiger partial charge in [-0.25, -0.2) is 9.78 Å². The maximum atomic E-state index is 11.7. The van der Waals surface area contributed by atoms with Crippen LogP contribution in [0.5, 0.6) is 0 Å². The number of nitrogens with zero attached hydrogens (tertiary/aromatic N) is 3. The second-order valence-electron chi connectivity index (χ2n) is 9.78. The Labute approximate surface area is 174 Å². The Morgan fingerprint density at radius 1 is 1.38 bits per heavy atom. The number of carboxylic acids is 1. The van der Waals surface area contributed by atoms with Crippen LogP contribution in [0.15, 0.2) is 12.3 Å². The second kappa shape index (κ2) is 8.98. The summed E-state index contributed by atoms with van der Waals surface area (Å²) in [6.45, 7) is 15.4. The molecule has 1 aliphatic heterocycles. The summed E-state index contributed by atoms with van der Waals surface area (Å²) in [6, 6.07) is 2.88. The van der Waals surface area contributed by atoms with E-state index in [4.69, 9.17) is 4.74 Å². The van der Waals surface area contributed by atoms with E-state index in [1.165, 1.54) is 12.8 Å². The number of piperidine rings is 1. The Morgan fingerprint density at radius 3 is 2.79 bits per heavy atom. The quantitative estimate of drug-likeness (QED) is 0.503. The summed E-state index contributed by atoms with van der Waals surface area (Å²) in [5.41, 5.74) is 3.93. The first-order valence-corrected chi connectivity index (χ1v) is 14.4. The van der Waals surface area contributed by atoms with Gasteiger partial charge >= 0.3 is 5.97 Å². The fourth-order valence-electron chi connectivity index (χ4n) is 4.09. The van der Waals surface area contributed by atoms with Crippen molar-refractivity contribution in [2.24, 2.45) is 5.92 Å². The largest absolute Gasteiger partial charge is 0.477 e. The summed E-state index contributed by atoms with van der Waals surface area (Å²) in [6.07, 6.45) is 4.50. The van der Waals surface area contributed by atoms with E-state index in [0.717, 1.165) is 54.4 Å². The van der Waals surface area contributed by atoms with Gasteiger partial charge in [-0.2, -0.15) is 0 Å². The van der Waals surface area contributed by atoms with Crippen LogP contribution in [0.4, 0.5) is 0 Å². The summed E-state index contributed by atoms with van der Waals surface area (Å²) in [4.78, 5) is 18.5. The average molecular weight is 418 g/mol. The Balaban J connectivity index is 1.90. The van der Waals surface area contributed by atoms with Gasteiger partial charge in [-0.1, -0.05) is 26.6 Å². The number of carboxylic acid groups (broad SMARTS) is 1. The molecule has 1 N–H and O–H groups in total. The molecule has 3 heterocycles. The molecule has 0 spiro atoms. The predicted molar refractivity (Wildman–Crippen MR) is 119 cm³/mol. The van der Waals surface area contributed by atoms with Crippen LogP contribution in [-0.4, -0.2) is 53.3 Å². The Hall–Kier alpha value is -1.70. The Morgan fingerprint density at radius 2 is 2.14 bits per heavy atom. The minimum absolute atomic E-state index is 0.123. The molecule has 6 nitrogen and oxygen atoms in total. The highest BCUT2D eigenvalue weighted by molar-refractivity contribution is 6.76. The van der Waals surface area contributed by atoms with Crippen LogP contribution in [-0.2, 0) is 18.0 Å². The van der Waals surface area contributed by atoms with E-state index in [2.05, 4.69) is 41.0 Å². The molecule has 3 rings (SSSR count). The van der Waals surface area contributed by atoms with Crippen molar-refractivity contribution >= 4 is 25.1 Å². The van der Waals surface area contributed by atoms with Crippen molar-refractivity contribution in [1.82, 2.24) is 14.5 Å². The molecule has 160 valence electrons.